The number of carbonyl (C=O) groups excluding carboxylic acids is 2. The fourth-order valence-electron chi connectivity index (χ4n) is 3.33. The minimum atomic E-state index is -0.486. The molecule has 3 rings (SSSR count). The minimum Gasteiger partial charge on any atom is -0.444 e. The van der Waals surface area contributed by atoms with Crippen LogP contribution >= 0.6 is 11.6 Å². The number of hydrogen-bond acceptors (Lipinski definition) is 4. The van der Waals surface area contributed by atoms with Crippen LogP contribution < -0.4 is 5.32 Å². The summed E-state index contributed by atoms with van der Waals surface area (Å²) in [7, 11) is 0. The predicted molar refractivity (Wildman–Crippen MR) is 106 cm³/mol. The maximum atomic E-state index is 12.6. The number of amides is 2. The SMILES string of the molecule is CC(C)(C)OC(=O)N1CC(Nc2ccc(C(=O)N3CCCCC3)c(Cl)c2)C1. The molecule has 1 N–H and O–H groups in total. The molecule has 7 heteroatoms. The Balaban J connectivity index is 1.53. The largest absolute Gasteiger partial charge is 0.444 e. The molecular formula is C20H28ClN3O3. The lowest BCUT2D eigenvalue weighted by Gasteiger charge is -2.40. The fourth-order valence-corrected chi connectivity index (χ4v) is 3.59. The van der Waals surface area contributed by atoms with E-state index >= 15 is 0 Å². The van der Waals surface area contributed by atoms with Crippen molar-refractivity contribution < 1.29 is 14.3 Å². The molecule has 0 radical (unpaired) electrons. The van der Waals surface area contributed by atoms with E-state index in [1.165, 1.54) is 6.42 Å². The van der Waals surface area contributed by atoms with Gasteiger partial charge >= 0.3 is 6.09 Å². The molecule has 2 saturated heterocycles. The van der Waals surface area contributed by atoms with E-state index in [-0.39, 0.29) is 18.0 Å². The molecule has 0 aromatic heterocycles. The molecule has 2 aliphatic rings. The van der Waals surface area contributed by atoms with E-state index in [9.17, 15) is 9.59 Å². The molecule has 1 aromatic carbocycles. The monoisotopic (exact) mass is 393 g/mol. The van der Waals surface area contributed by atoms with Crippen LogP contribution in [0.15, 0.2) is 18.2 Å². The number of halogens is 1. The number of hydrogen-bond donors (Lipinski definition) is 1. The number of rotatable bonds is 3. The summed E-state index contributed by atoms with van der Waals surface area (Å²) < 4.78 is 5.35. The number of likely N-dealkylation sites (tertiary alicyclic amines) is 2. The lowest BCUT2D eigenvalue weighted by atomic mass is 10.1. The number of nitrogens with one attached hydrogen (secondary N) is 1. The molecular weight excluding hydrogens is 366 g/mol. The summed E-state index contributed by atoms with van der Waals surface area (Å²) in [4.78, 5) is 28.1. The first-order chi connectivity index (χ1) is 12.7. The van der Waals surface area contributed by atoms with Crippen LogP contribution in [-0.4, -0.2) is 59.6 Å². The summed E-state index contributed by atoms with van der Waals surface area (Å²) in [5.41, 5.74) is 0.914. The zero-order valence-corrected chi connectivity index (χ0v) is 17.0. The highest BCUT2D eigenvalue weighted by molar-refractivity contribution is 6.34. The number of ether oxygens (including phenoxy) is 1. The third-order valence-corrected chi connectivity index (χ3v) is 5.06. The Morgan fingerprint density at radius 3 is 2.37 bits per heavy atom. The first-order valence-electron chi connectivity index (χ1n) is 9.56. The van der Waals surface area contributed by atoms with Gasteiger partial charge in [0, 0.05) is 31.9 Å². The normalized spacial score (nSPS) is 18.1. The van der Waals surface area contributed by atoms with Gasteiger partial charge in [-0.2, -0.15) is 0 Å². The van der Waals surface area contributed by atoms with Gasteiger partial charge in [-0.3, -0.25) is 4.79 Å². The van der Waals surface area contributed by atoms with Crippen molar-refractivity contribution >= 4 is 29.3 Å². The van der Waals surface area contributed by atoms with Crippen molar-refractivity contribution in [1.82, 2.24) is 9.80 Å². The standard InChI is InChI=1S/C20H28ClN3O3/c1-20(2,3)27-19(26)24-12-15(13-24)22-14-7-8-16(17(21)11-14)18(25)23-9-5-4-6-10-23/h7-8,11,15,22H,4-6,9-10,12-13H2,1-3H3. The molecule has 0 atom stereocenters. The number of piperidine rings is 1. The van der Waals surface area contributed by atoms with Crippen molar-refractivity contribution in [3.63, 3.8) is 0 Å². The summed E-state index contributed by atoms with van der Waals surface area (Å²) in [6.07, 6.45) is 3.00. The lowest BCUT2D eigenvalue weighted by molar-refractivity contribution is 0.0105. The maximum absolute atomic E-state index is 12.6. The Morgan fingerprint density at radius 2 is 1.78 bits per heavy atom. The Bertz CT molecular complexity index is 705. The average Bonchev–Trinajstić information content (AvgIpc) is 2.56. The Kier molecular flexibility index (Phi) is 5.84. The van der Waals surface area contributed by atoms with E-state index in [1.54, 1.807) is 17.0 Å². The second-order valence-corrected chi connectivity index (χ2v) is 8.68. The van der Waals surface area contributed by atoms with Gasteiger partial charge in [0.05, 0.1) is 16.6 Å². The molecule has 0 aliphatic carbocycles. The summed E-state index contributed by atoms with van der Waals surface area (Å²) >= 11 is 6.37. The quantitative estimate of drug-likeness (QED) is 0.843. The van der Waals surface area contributed by atoms with Crippen LogP contribution in [0.3, 0.4) is 0 Å². The first kappa shape index (κ1) is 19.8. The molecule has 0 spiro atoms. The maximum Gasteiger partial charge on any atom is 0.410 e. The van der Waals surface area contributed by atoms with Crippen molar-refractivity contribution in [3.05, 3.63) is 28.8 Å². The fraction of sp³-hybridized carbons (Fsp3) is 0.600. The number of anilines is 1. The number of carbonyl (C=O) groups is 2. The summed E-state index contributed by atoms with van der Waals surface area (Å²) in [5.74, 6) is 0.00555. The van der Waals surface area contributed by atoms with Gasteiger partial charge in [-0.1, -0.05) is 11.6 Å². The molecule has 1 aromatic rings. The van der Waals surface area contributed by atoms with Crippen LogP contribution in [0.5, 0.6) is 0 Å². The molecule has 0 bridgehead atoms. The molecule has 2 aliphatic heterocycles. The number of nitrogens with zero attached hydrogens (tertiary/aromatic N) is 2. The highest BCUT2D eigenvalue weighted by Gasteiger charge is 2.33. The third kappa shape index (κ3) is 5.06. The van der Waals surface area contributed by atoms with E-state index in [4.69, 9.17) is 16.3 Å². The highest BCUT2D eigenvalue weighted by Crippen LogP contribution is 2.25. The second-order valence-electron chi connectivity index (χ2n) is 8.27. The highest BCUT2D eigenvalue weighted by atomic mass is 35.5. The molecule has 27 heavy (non-hydrogen) atoms. The van der Waals surface area contributed by atoms with Crippen LogP contribution in [-0.2, 0) is 4.74 Å². The zero-order chi connectivity index (χ0) is 19.6. The van der Waals surface area contributed by atoms with Crippen molar-refractivity contribution in [3.8, 4) is 0 Å². The topological polar surface area (TPSA) is 61.9 Å². The molecule has 2 heterocycles. The van der Waals surface area contributed by atoms with Crippen LogP contribution in [0.1, 0.15) is 50.4 Å². The molecule has 2 fully saturated rings. The van der Waals surface area contributed by atoms with Crippen LogP contribution in [0, 0.1) is 0 Å². The van der Waals surface area contributed by atoms with Gasteiger partial charge in [0.1, 0.15) is 5.60 Å². The predicted octanol–water partition coefficient (Wildman–Crippen LogP) is 4.00. The molecule has 6 nitrogen and oxygen atoms in total. The van der Waals surface area contributed by atoms with Crippen LogP contribution in [0.2, 0.25) is 5.02 Å². The van der Waals surface area contributed by atoms with Crippen molar-refractivity contribution in [1.29, 1.82) is 0 Å². The average molecular weight is 394 g/mol. The third-order valence-electron chi connectivity index (χ3n) is 4.75. The van der Waals surface area contributed by atoms with Gasteiger partial charge in [0.2, 0.25) is 0 Å². The van der Waals surface area contributed by atoms with Crippen LogP contribution in [0.4, 0.5) is 10.5 Å². The van der Waals surface area contributed by atoms with Gasteiger partial charge in [-0.15, -0.1) is 0 Å². The van der Waals surface area contributed by atoms with Crippen molar-refractivity contribution in [2.45, 2.75) is 51.7 Å². The minimum absolute atomic E-state index is 0.00555. The molecule has 0 unspecified atom stereocenters. The molecule has 148 valence electrons. The lowest BCUT2D eigenvalue weighted by Crippen LogP contribution is -2.57. The van der Waals surface area contributed by atoms with E-state index < -0.39 is 5.60 Å². The second kappa shape index (κ2) is 7.97. The molecule has 2 amide bonds. The smallest absolute Gasteiger partial charge is 0.410 e. The van der Waals surface area contributed by atoms with Gasteiger partial charge in [-0.05, 0) is 58.2 Å². The van der Waals surface area contributed by atoms with E-state index in [0.29, 0.717) is 23.7 Å². The Hall–Kier alpha value is -1.95. The van der Waals surface area contributed by atoms with Crippen LogP contribution in [0.25, 0.3) is 0 Å². The van der Waals surface area contributed by atoms with Crippen molar-refractivity contribution in [2.24, 2.45) is 0 Å². The van der Waals surface area contributed by atoms with Gasteiger partial charge in [-0.25, -0.2) is 4.79 Å². The van der Waals surface area contributed by atoms with E-state index in [0.717, 1.165) is 31.6 Å². The molecule has 0 saturated carbocycles. The van der Waals surface area contributed by atoms with E-state index in [1.807, 2.05) is 31.7 Å². The van der Waals surface area contributed by atoms with Gasteiger partial charge in [0.25, 0.3) is 5.91 Å². The first-order valence-corrected chi connectivity index (χ1v) is 9.94. The van der Waals surface area contributed by atoms with E-state index in [2.05, 4.69) is 5.32 Å². The van der Waals surface area contributed by atoms with Crippen molar-refractivity contribution in [2.75, 3.05) is 31.5 Å². The summed E-state index contributed by atoms with van der Waals surface area (Å²) in [5, 5.41) is 3.81. The van der Waals surface area contributed by atoms with Gasteiger partial charge < -0.3 is 19.9 Å². The number of benzene rings is 1. The Labute approximate surface area is 165 Å². The Morgan fingerprint density at radius 1 is 1.11 bits per heavy atom. The summed E-state index contributed by atoms with van der Waals surface area (Å²) in [6, 6.07) is 5.59. The zero-order valence-electron chi connectivity index (χ0n) is 16.3. The van der Waals surface area contributed by atoms with Gasteiger partial charge in [0.15, 0.2) is 0 Å². The summed E-state index contributed by atoms with van der Waals surface area (Å²) in [6.45, 7) is 8.34.